The maximum absolute atomic E-state index is 11.4. The van der Waals surface area contributed by atoms with Crippen LogP contribution in [0.4, 0.5) is 0 Å². The van der Waals surface area contributed by atoms with Gasteiger partial charge in [-0.3, -0.25) is 24.1 Å². The van der Waals surface area contributed by atoms with Gasteiger partial charge in [-0.2, -0.15) is 0 Å². The fourth-order valence-electron chi connectivity index (χ4n) is 2.06. The number of aliphatic hydroxyl groups excluding tert-OH is 2. The summed E-state index contributed by atoms with van der Waals surface area (Å²) >= 11 is 0. The van der Waals surface area contributed by atoms with Crippen LogP contribution in [-0.2, 0) is 33.4 Å². The van der Waals surface area contributed by atoms with Crippen LogP contribution in [0.1, 0.15) is 6.92 Å². The SMILES string of the molecule is CC(=O)N(C=O)C1C(O)OC(COC=O)C(O)C1OC=O. The number of amides is 2. The first-order valence-electron chi connectivity index (χ1n) is 5.88. The number of aliphatic hydroxyl groups is 2. The van der Waals surface area contributed by atoms with Gasteiger partial charge in [-0.1, -0.05) is 0 Å². The Bertz CT molecular complexity index is 401. The van der Waals surface area contributed by atoms with Gasteiger partial charge in [0.05, 0.1) is 0 Å². The Hall–Kier alpha value is -2.04. The fraction of sp³-hybridized carbons (Fsp3) is 0.636. The van der Waals surface area contributed by atoms with Gasteiger partial charge in [0, 0.05) is 6.92 Å². The van der Waals surface area contributed by atoms with Crippen LogP contribution in [-0.4, -0.2) is 77.6 Å². The summed E-state index contributed by atoms with van der Waals surface area (Å²) in [5, 5.41) is 19.9. The molecule has 1 fully saturated rings. The summed E-state index contributed by atoms with van der Waals surface area (Å²) in [6, 6.07) is -1.42. The quantitative estimate of drug-likeness (QED) is 0.476. The van der Waals surface area contributed by atoms with E-state index in [1.165, 1.54) is 0 Å². The Labute approximate surface area is 119 Å². The first kappa shape index (κ1) is 17.0. The summed E-state index contributed by atoms with van der Waals surface area (Å²) in [6.45, 7) is 0.749. The number of imide groups is 1. The van der Waals surface area contributed by atoms with Crippen LogP contribution in [0.5, 0.6) is 0 Å². The molecule has 0 spiro atoms. The number of carbonyl (C=O) groups excluding carboxylic acids is 4. The second-order valence-corrected chi connectivity index (χ2v) is 4.20. The molecule has 1 heterocycles. The topological polar surface area (TPSA) is 140 Å². The van der Waals surface area contributed by atoms with Crippen LogP contribution < -0.4 is 0 Å². The lowest BCUT2D eigenvalue weighted by Gasteiger charge is -2.43. The largest absolute Gasteiger partial charge is 0.465 e. The van der Waals surface area contributed by atoms with Crippen molar-refractivity contribution in [3.05, 3.63) is 0 Å². The maximum atomic E-state index is 11.4. The zero-order valence-electron chi connectivity index (χ0n) is 11.0. The summed E-state index contributed by atoms with van der Waals surface area (Å²) < 4.78 is 14.1. The number of hydrogen-bond acceptors (Lipinski definition) is 9. The Morgan fingerprint density at radius 1 is 1.29 bits per heavy atom. The van der Waals surface area contributed by atoms with Crippen molar-refractivity contribution >= 4 is 25.3 Å². The van der Waals surface area contributed by atoms with E-state index in [0.717, 1.165) is 6.92 Å². The third-order valence-corrected chi connectivity index (χ3v) is 3.00. The lowest BCUT2D eigenvalue weighted by atomic mass is 9.95. The molecule has 0 aromatic heterocycles. The summed E-state index contributed by atoms with van der Waals surface area (Å²) in [5.74, 6) is -0.744. The molecular weight excluding hydrogens is 290 g/mol. The molecule has 21 heavy (non-hydrogen) atoms. The van der Waals surface area contributed by atoms with Gasteiger partial charge in [-0.15, -0.1) is 0 Å². The third-order valence-electron chi connectivity index (χ3n) is 3.00. The van der Waals surface area contributed by atoms with Gasteiger partial charge >= 0.3 is 0 Å². The van der Waals surface area contributed by atoms with Crippen LogP contribution >= 0.6 is 0 Å². The van der Waals surface area contributed by atoms with E-state index in [-0.39, 0.29) is 19.4 Å². The first-order chi connectivity index (χ1) is 9.97. The monoisotopic (exact) mass is 305 g/mol. The Kier molecular flexibility index (Phi) is 6.21. The predicted molar refractivity (Wildman–Crippen MR) is 62.2 cm³/mol. The minimum absolute atomic E-state index is 0.000311. The lowest BCUT2D eigenvalue weighted by Crippen LogP contribution is -2.65. The maximum Gasteiger partial charge on any atom is 0.293 e. The van der Waals surface area contributed by atoms with E-state index in [0.29, 0.717) is 4.90 Å². The number of carbonyl (C=O) groups is 4. The third kappa shape index (κ3) is 3.74. The minimum atomic E-state index is -1.73. The van der Waals surface area contributed by atoms with Gasteiger partial charge in [0.25, 0.3) is 12.9 Å². The first-order valence-corrected chi connectivity index (χ1v) is 5.88. The molecule has 10 heteroatoms. The average Bonchev–Trinajstić information content (AvgIpc) is 2.44. The second kappa shape index (κ2) is 7.67. The van der Waals surface area contributed by atoms with Crippen LogP contribution in [0, 0.1) is 0 Å². The zero-order chi connectivity index (χ0) is 16.0. The molecular formula is C11H15NO9. The molecule has 1 rings (SSSR count). The van der Waals surface area contributed by atoms with E-state index < -0.39 is 43.2 Å². The summed E-state index contributed by atoms with van der Waals surface area (Å²) in [4.78, 5) is 43.5. The molecule has 0 radical (unpaired) electrons. The average molecular weight is 305 g/mol. The van der Waals surface area contributed by atoms with Crippen LogP contribution in [0.2, 0.25) is 0 Å². The Morgan fingerprint density at radius 3 is 2.43 bits per heavy atom. The van der Waals surface area contributed by atoms with Crippen molar-refractivity contribution < 1.29 is 43.6 Å². The van der Waals surface area contributed by atoms with Crippen molar-refractivity contribution in [3.8, 4) is 0 Å². The number of rotatable bonds is 7. The van der Waals surface area contributed by atoms with Crippen LogP contribution in [0.3, 0.4) is 0 Å². The van der Waals surface area contributed by atoms with Crippen molar-refractivity contribution in [1.82, 2.24) is 4.90 Å². The van der Waals surface area contributed by atoms with Gasteiger partial charge in [0.2, 0.25) is 12.3 Å². The zero-order valence-corrected chi connectivity index (χ0v) is 11.0. The van der Waals surface area contributed by atoms with Gasteiger partial charge in [-0.25, -0.2) is 0 Å². The number of hydrogen-bond donors (Lipinski definition) is 2. The second-order valence-electron chi connectivity index (χ2n) is 4.20. The highest BCUT2D eigenvalue weighted by atomic mass is 16.6. The van der Waals surface area contributed by atoms with Crippen LogP contribution in [0.15, 0.2) is 0 Å². The van der Waals surface area contributed by atoms with E-state index in [4.69, 9.17) is 4.74 Å². The van der Waals surface area contributed by atoms with Crippen molar-refractivity contribution in [2.24, 2.45) is 0 Å². The molecule has 1 aliphatic rings. The lowest BCUT2D eigenvalue weighted by molar-refractivity contribution is -0.269. The fourth-order valence-corrected chi connectivity index (χ4v) is 2.06. The molecule has 1 aliphatic heterocycles. The number of nitrogens with zero attached hydrogens (tertiary/aromatic N) is 1. The molecule has 0 aromatic rings. The molecule has 10 nitrogen and oxygen atoms in total. The minimum Gasteiger partial charge on any atom is -0.465 e. The van der Waals surface area contributed by atoms with E-state index in [1.807, 2.05) is 0 Å². The molecule has 0 aliphatic carbocycles. The Morgan fingerprint density at radius 2 is 1.95 bits per heavy atom. The summed E-state index contributed by atoms with van der Waals surface area (Å²) in [7, 11) is 0. The molecule has 0 saturated carbocycles. The molecule has 1 saturated heterocycles. The van der Waals surface area contributed by atoms with E-state index in [9.17, 15) is 29.4 Å². The molecule has 5 atom stereocenters. The van der Waals surface area contributed by atoms with Crippen molar-refractivity contribution in [1.29, 1.82) is 0 Å². The van der Waals surface area contributed by atoms with Crippen molar-refractivity contribution in [3.63, 3.8) is 0 Å². The van der Waals surface area contributed by atoms with Crippen molar-refractivity contribution in [2.45, 2.75) is 37.6 Å². The van der Waals surface area contributed by atoms with Gasteiger partial charge in [-0.05, 0) is 0 Å². The highest BCUT2D eigenvalue weighted by molar-refractivity contribution is 5.84. The highest BCUT2D eigenvalue weighted by Crippen LogP contribution is 2.25. The predicted octanol–water partition coefficient (Wildman–Crippen LogP) is -2.85. The van der Waals surface area contributed by atoms with Gasteiger partial charge in [0.1, 0.15) is 24.9 Å². The van der Waals surface area contributed by atoms with Crippen molar-refractivity contribution in [2.75, 3.05) is 6.61 Å². The van der Waals surface area contributed by atoms with Crippen LogP contribution in [0.25, 0.3) is 0 Å². The molecule has 2 amide bonds. The Balaban J connectivity index is 3.02. The molecule has 0 bridgehead atoms. The molecule has 0 aromatic carbocycles. The normalized spacial score (nSPS) is 31.9. The molecule has 2 N–H and O–H groups in total. The van der Waals surface area contributed by atoms with E-state index in [1.54, 1.807) is 0 Å². The molecule has 118 valence electrons. The van der Waals surface area contributed by atoms with Gasteiger partial charge < -0.3 is 24.4 Å². The number of ether oxygens (including phenoxy) is 3. The standard InChI is InChI=1S/C11H15NO9/c1-6(16)12(3-13)8-10(20-5-15)9(17)7(2-19-4-14)21-11(8)18/h3-5,7-11,17-18H,2H2,1H3. The van der Waals surface area contributed by atoms with Gasteiger partial charge in [0.15, 0.2) is 12.4 Å². The summed E-state index contributed by atoms with van der Waals surface area (Å²) in [6.07, 6.45) is -5.75. The summed E-state index contributed by atoms with van der Waals surface area (Å²) in [5.41, 5.74) is 0. The highest BCUT2D eigenvalue weighted by Gasteiger charge is 2.49. The molecule has 5 unspecified atom stereocenters. The van der Waals surface area contributed by atoms with E-state index >= 15 is 0 Å². The van der Waals surface area contributed by atoms with E-state index in [2.05, 4.69) is 9.47 Å². The smallest absolute Gasteiger partial charge is 0.293 e.